The third-order valence-electron chi connectivity index (χ3n) is 2.29. The van der Waals surface area contributed by atoms with Gasteiger partial charge in [-0.15, -0.1) is 0 Å². The van der Waals surface area contributed by atoms with Crippen molar-refractivity contribution in [2.24, 2.45) is 0 Å². The molecule has 0 aliphatic rings. The fourth-order valence-corrected chi connectivity index (χ4v) is 1.25. The molecule has 0 saturated heterocycles. The minimum absolute atomic E-state index is 0.00380. The molecule has 0 aliphatic carbocycles. The second-order valence-electron chi connectivity index (χ2n) is 3.69. The fraction of sp³-hybridized carbons (Fsp3) is 0.500. The molecular formula is C12H19N3O2. The number of amides is 1. The first-order valence-electron chi connectivity index (χ1n) is 5.69. The van der Waals surface area contributed by atoms with Crippen molar-refractivity contribution in [2.75, 3.05) is 25.5 Å². The highest BCUT2D eigenvalue weighted by Gasteiger charge is 2.08. The first-order valence-corrected chi connectivity index (χ1v) is 5.69. The van der Waals surface area contributed by atoms with Gasteiger partial charge in [-0.1, -0.05) is 6.07 Å². The maximum Gasteiger partial charge on any atom is 0.270 e. The molecule has 1 amide bonds. The number of anilines is 1. The van der Waals surface area contributed by atoms with Crippen molar-refractivity contribution in [1.82, 2.24) is 10.3 Å². The van der Waals surface area contributed by atoms with Gasteiger partial charge in [-0.25, -0.2) is 4.98 Å². The van der Waals surface area contributed by atoms with Crippen molar-refractivity contribution < 1.29 is 9.53 Å². The summed E-state index contributed by atoms with van der Waals surface area (Å²) in [6.07, 6.45) is -0.00380. The summed E-state index contributed by atoms with van der Waals surface area (Å²) in [5.74, 6) is 0.522. The summed E-state index contributed by atoms with van der Waals surface area (Å²) in [6, 6.07) is 5.32. The smallest absolute Gasteiger partial charge is 0.270 e. The zero-order valence-corrected chi connectivity index (χ0v) is 10.5. The molecule has 1 unspecified atom stereocenters. The summed E-state index contributed by atoms with van der Waals surface area (Å²) < 4.78 is 5.05. The number of carbonyl (C=O) groups is 1. The van der Waals surface area contributed by atoms with Crippen LogP contribution in [0.25, 0.3) is 0 Å². The summed E-state index contributed by atoms with van der Waals surface area (Å²) in [5.41, 5.74) is 0.409. The molecular weight excluding hydrogens is 218 g/mol. The topological polar surface area (TPSA) is 63.2 Å². The molecule has 1 atom stereocenters. The first-order chi connectivity index (χ1) is 8.17. The zero-order valence-electron chi connectivity index (χ0n) is 10.5. The number of nitrogens with one attached hydrogen (secondary N) is 2. The van der Waals surface area contributed by atoms with Crippen LogP contribution in [0.2, 0.25) is 0 Å². The van der Waals surface area contributed by atoms with E-state index in [1.807, 2.05) is 19.9 Å². The van der Waals surface area contributed by atoms with Crippen LogP contribution in [0.1, 0.15) is 24.3 Å². The van der Waals surface area contributed by atoms with Crippen LogP contribution in [-0.4, -0.2) is 37.2 Å². The van der Waals surface area contributed by atoms with Crippen molar-refractivity contribution in [3.8, 4) is 0 Å². The largest absolute Gasteiger partial charge is 0.380 e. The minimum atomic E-state index is -0.186. The Hall–Kier alpha value is -1.62. The third kappa shape index (κ3) is 4.40. The number of ether oxygens (including phenoxy) is 1. The number of hydrogen-bond acceptors (Lipinski definition) is 4. The molecule has 94 valence electrons. The van der Waals surface area contributed by atoms with E-state index in [1.54, 1.807) is 19.2 Å². The Balaban J connectivity index is 2.59. The predicted octanol–water partition coefficient (Wildman–Crippen LogP) is 1.28. The molecule has 1 aromatic rings. The van der Waals surface area contributed by atoms with Gasteiger partial charge in [0, 0.05) is 20.2 Å². The van der Waals surface area contributed by atoms with Crippen LogP contribution in [-0.2, 0) is 4.74 Å². The lowest BCUT2D eigenvalue weighted by molar-refractivity contribution is 0.0866. The molecule has 0 radical (unpaired) electrons. The lowest BCUT2D eigenvalue weighted by atomic mass is 10.3. The Morgan fingerprint density at radius 2 is 2.29 bits per heavy atom. The van der Waals surface area contributed by atoms with Gasteiger partial charge < -0.3 is 15.4 Å². The molecule has 0 fully saturated rings. The number of methoxy groups -OCH3 is 1. The number of carbonyl (C=O) groups excluding carboxylic acids is 1. The van der Waals surface area contributed by atoms with Gasteiger partial charge in [0.25, 0.3) is 5.91 Å². The van der Waals surface area contributed by atoms with E-state index in [9.17, 15) is 4.79 Å². The summed E-state index contributed by atoms with van der Waals surface area (Å²) >= 11 is 0. The van der Waals surface area contributed by atoms with Gasteiger partial charge in [-0.3, -0.25) is 4.79 Å². The zero-order chi connectivity index (χ0) is 12.7. The third-order valence-corrected chi connectivity index (χ3v) is 2.29. The van der Waals surface area contributed by atoms with E-state index < -0.39 is 0 Å². The number of hydrogen-bond donors (Lipinski definition) is 2. The Morgan fingerprint density at radius 3 is 2.94 bits per heavy atom. The van der Waals surface area contributed by atoms with Crippen molar-refractivity contribution >= 4 is 11.7 Å². The number of pyridine rings is 1. The van der Waals surface area contributed by atoms with Crippen LogP contribution in [0, 0.1) is 0 Å². The van der Waals surface area contributed by atoms with E-state index >= 15 is 0 Å². The van der Waals surface area contributed by atoms with E-state index in [2.05, 4.69) is 15.6 Å². The van der Waals surface area contributed by atoms with Crippen LogP contribution in [0.4, 0.5) is 5.82 Å². The molecule has 0 aliphatic heterocycles. The van der Waals surface area contributed by atoms with Gasteiger partial charge in [0.2, 0.25) is 0 Å². The molecule has 5 nitrogen and oxygen atoms in total. The normalized spacial score (nSPS) is 11.9. The monoisotopic (exact) mass is 237 g/mol. The highest BCUT2D eigenvalue weighted by molar-refractivity contribution is 5.92. The average molecular weight is 237 g/mol. The van der Waals surface area contributed by atoms with E-state index in [0.717, 1.165) is 6.54 Å². The Kier molecular flexibility index (Phi) is 5.42. The van der Waals surface area contributed by atoms with Crippen LogP contribution in [0.15, 0.2) is 18.2 Å². The van der Waals surface area contributed by atoms with E-state index in [0.29, 0.717) is 18.1 Å². The van der Waals surface area contributed by atoms with E-state index in [4.69, 9.17) is 4.74 Å². The molecule has 5 heteroatoms. The molecule has 2 N–H and O–H groups in total. The molecule has 1 heterocycles. The Bertz CT molecular complexity index is 369. The summed E-state index contributed by atoms with van der Waals surface area (Å²) in [4.78, 5) is 16.0. The van der Waals surface area contributed by atoms with Crippen LogP contribution >= 0.6 is 0 Å². The number of aromatic nitrogens is 1. The van der Waals surface area contributed by atoms with Crippen molar-refractivity contribution in [3.63, 3.8) is 0 Å². The van der Waals surface area contributed by atoms with Crippen LogP contribution in [0.5, 0.6) is 0 Å². The van der Waals surface area contributed by atoms with Gasteiger partial charge in [-0.05, 0) is 26.0 Å². The Labute approximate surface area is 102 Å². The highest BCUT2D eigenvalue weighted by atomic mass is 16.5. The second kappa shape index (κ2) is 6.85. The quantitative estimate of drug-likeness (QED) is 0.782. The standard InChI is InChI=1S/C12H19N3O2/c1-4-13-11-7-5-6-10(15-11)12(16)14-8-9(2)17-3/h5-7,9H,4,8H2,1-3H3,(H,13,15)(H,14,16). The maximum atomic E-state index is 11.8. The van der Waals surface area contributed by atoms with E-state index in [1.165, 1.54) is 0 Å². The van der Waals surface area contributed by atoms with Crippen molar-refractivity contribution in [1.29, 1.82) is 0 Å². The Morgan fingerprint density at radius 1 is 1.53 bits per heavy atom. The molecule has 0 bridgehead atoms. The SMILES string of the molecule is CCNc1cccc(C(=O)NCC(C)OC)n1. The molecule has 1 aromatic heterocycles. The molecule has 0 spiro atoms. The second-order valence-corrected chi connectivity index (χ2v) is 3.69. The lowest BCUT2D eigenvalue weighted by Crippen LogP contribution is -2.32. The number of nitrogens with zero attached hydrogens (tertiary/aromatic N) is 1. The van der Waals surface area contributed by atoms with Crippen LogP contribution in [0.3, 0.4) is 0 Å². The minimum Gasteiger partial charge on any atom is -0.380 e. The maximum absolute atomic E-state index is 11.8. The van der Waals surface area contributed by atoms with Gasteiger partial charge in [0.15, 0.2) is 0 Å². The molecule has 17 heavy (non-hydrogen) atoms. The number of rotatable bonds is 6. The predicted molar refractivity (Wildman–Crippen MR) is 67.2 cm³/mol. The molecule has 0 saturated carbocycles. The highest BCUT2D eigenvalue weighted by Crippen LogP contribution is 2.04. The van der Waals surface area contributed by atoms with Gasteiger partial charge in [0.1, 0.15) is 11.5 Å². The van der Waals surface area contributed by atoms with Gasteiger partial charge in [0.05, 0.1) is 6.10 Å². The van der Waals surface area contributed by atoms with Crippen molar-refractivity contribution in [2.45, 2.75) is 20.0 Å². The summed E-state index contributed by atoms with van der Waals surface area (Å²) in [5, 5.41) is 5.83. The fourth-order valence-electron chi connectivity index (χ4n) is 1.25. The summed E-state index contributed by atoms with van der Waals surface area (Å²) in [7, 11) is 1.61. The average Bonchev–Trinajstić information content (AvgIpc) is 2.36. The lowest BCUT2D eigenvalue weighted by Gasteiger charge is -2.10. The van der Waals surface area contributed by atoms with Crippen LogP contribution < -0.4 is 10.6 Å². The van der Waals surface area contributed by atoms with Gasteiger partial charge in [-0.2, -0.15) is 0 Å². The summed E-state index contributed by atoms with van der Waals surface area (Å²) in [6.45, 7) is 5.12. The van der Waals surface area contributed by atoms with Crippen molar-refractivity contribution in [3.05, 3.63) is 23.9 Å². The molecule has 0 aromatic carbocycles. The van der Waals surface area contributed by atoms with E-state index in [-0.39, 0.29) is 12.0 Å². The van der Waals surface area contributed by atoms with Gasteiger partial charge >= 0.3 is 0 Å². The first kappa shape index (κ1) is 13.4. The molecule has 1 rings (SSSR count).